The van der Waals surface area contributed by atoms with E-state index in [1.165, 1.54) is 6.07 Å². The molecule has 0 bridgehead atoms. The largest absolute Gasteiger partial charge is 0.327 e. The lowest BCUT2D eigenvalue weighted by Gasteiger charge is -2.35. The molecular weight excluding hydrogens is 306 g/mol. The molecule has 1 aliphatic carbocycles. The number of rotatable bonds is 4. The van der Waals surface area contributed by atoms with Gasteiger partial charge in [-0.25, -0.2) is 4.79 Å². The molecule has 1 heterocycles. The van der Waals surface area contributed by atoms with Gasteiger partial charge < -0.3 is 5.32 Å². The third-order valence-corrected chi connectivity index (χ3v) is 4.61. The number of carbonyl (C=O) groups is 1. The lowest BCUT2D eigenvalue weighted by molar-refractivity contribution is -0.384. The maximum Gasteiger partial charge on any atom is 0.322 e. The fourth-order valence-corrected chi connectivity index (χ4v) is 3.17. The summed E-state index contributed by atoms with van der Waals surface area (Å²) in [7, 11) is 0. The number of nitrogens with one attached hydrogen (secondary N) is 1. The summed E-state index contributed by atoms with van der Waals surface area (Å²) in [6.45, 7) is 0.665. The van der Waals surface area contributed by atoms with Gasteiger partial charge in [0.25, 0.3) is 5.69 Å². The number of hydrogen-bond donors (Lipinski definition) is 1. The minimum atomic E-state index is -0.399. The highest BCUT2D eigenvalue weighted by atomic mass is 16.6. The maximum atomic E-state index is 12.6. The van der Waals surface area contributed by atoms with Gasteiger partial charge in [-0.1, -0.05) is 30.3 Å². The number of nitrogens with zero attached hydrogens (tertiary/aromatic N) is 2. The molecule has 2 amide bonds. The van der Waals surface area contributed by atoms with Crippen LogP contribution >= 0.6 is 0 Å². The molecule has 2 aliphatic rings. The zero-order chi connectivity index (χ0) is 16.7. The quantitative estimate of drug-likeness (QED) is 0.689. The van der Waals surface area contributed by atoms with E-state index in [2.05, 4.69) is 5.32 Å². The number of nitro benzene ring substituents is 1. The molecule has 0 radical (unpaired) electrons. The number of carbonyl (C=O) groups excluding carboxylic acids is 1. The molecule has 6 nitrogen and oxygen atoms in total. The Morgan fingerprint density at radius 3 is 2.58 bits per heavy atom. The Balaban J connectivity index is 1.81. The molecule has 1 aliphatic heterocycles. The third-order valence-electron chi connectivity index (χ3n) is 4.61. The molecule has 122 valence electrons. The SMILES string of the molecule is O=C1NC(c2ccccc2)c2cc([N+](=O)[O-])ccc2N1CC1CC1. The fraction of sp³-hybridized carbons (Fsp3) is 0.278. The molecule has 1 atom stereocenters. The molecule has 0 aromatic heterocycles. The van der Waals surface area contributed by atoms with Gasteiger partial charge in [0.05, 0.1) is 16.7 Å². The van der Waals surface area contributed by atoms with Crippen LogP contribution in [0.25, 0.3) is 0 Å². The van der Waals surface area contributed by atoms with E-state index < -0.39 is 4.92 Å². The van der Waals surface area contributed by atoms with Crippen molar-refractivity contribution in [2.45, 2.75) is 18.9 Å². The van der Waals surface area contributed by atoms with Gasteiger partial charge in [0.15, 0.2) is 0 Å². The van der Waals surface area contributed by atoms with Crippen LogP contribution in [-0.4, -0.2) is 17.5 Å². The highest BCUT2D eigenvalue weighted by molar-refractivity contribution is 5.96. The van der Waals surface area contributed by atoms with Crippen LogP contribution in [0.15, 0.2) is 48.5 Å². The first-order valence-electron chi connectivity index (χ1n) is 8.05. The van der Waals surface area contributed by atoms with Gasteiger partial charge in [0.1, 0.15) is 0 Å². The molecule has 1 fully saturated rings. The van der Waals surface area contributed by atoms with Crippen molar-refractivity contribution in [2.75, 3.05) is 11.4 Å². The van der Waals surface area contributed by atoms with Crippen molar-refractivity contribution in [1.29, 1.82) is 0 Å². The number of nitro groups is 1. The molecule has 4 rings (SSSR count). The summed E-state index contributed by atoms with van der Waals surface area (Å²) in [5, 5.41) is 14.2. The fourth-order valence-electron chi connectivity index (χ4n) is 3.17. The van der Waals surface area contributed by atoms with Crippen molar-refractivity contribution < 1.29 is 9.72 Å². The Bertz CT molecular complexity index is 802. The van der Waals surface area contributed by atoms with E-state index in [4.69, 9.17) is 0 Å². The van der Waals surface area contributed by atoms with E-state index in [0.717, 1.165) is 29.7 Å². The van der Waals surface area contributed by atoms with E-state index in [-0.39, 0.29) is 17.8 Å². The highest BCUT2D eigenvalue weighted by Crippen LogP contribution is 2.39. The van der Waals surface area contributed by atoms with Gasteiger partial charge in [-0.15, -0.1) is 0 Å². The molecule has 6 heteroatoms. The van der Waals surface area contributed by atoms with E-state index in [1.807, 2.05) is 30.3 Å². The Morgan fingerprint density at radius 2 is 1.92 bits per heavy atom. The van der Waals surface area contributed by atoms with E-state index in [1.54, 1.807) is 17.0 Å². The Morgan fingerprint density at radius 1 is 1.17 bits per heavy atom. The van der Waals surface area contributed by atoms with Gasteiger partial charge in [-0.05, 0) is 30.4 Å². The predicted octanol–water partition coefficient (Wildman–Crippen LogP) is 3.62. The van der Waals surface area contributed by atoms with Gasteiger partial charge >= 0.3 is 6.03 Å². The molecule has 1 saturated carbocycles. The second kappa shape index (κ2) is 5.63. The van der Waals surface area contributed by atoms with Crippen LogP contribution in [0.5, 0.6) is 0 Å². The van der Waals surface area contributed by atoms with Crippen LogP contribution < -0.4 is 10.2 Å². The van der Waals surface area contributed by atoms with Gasteiger partial charge in [0.2, 0.25) is 0 Å². The monoisotopic (exact) mass is 323 g/mol. The summed E-state index contributed by atoms with van der Waals surface area (Å²) >= 11 is 0. The van der Waals surface area contributed by atoms with Crippen molar-refractivity contribution in [1.82, 2.24) is 5.32 Å². The zero-order valence-corrected chi connectivity index (χ0v) is 13.0. The minimum Gasteiger partial charge on any atom is -0.327 e. The number of non-ortho nitro benzene ring substituents is 1. The summed E-state index contributed by atoms with van der Waals surface area (Å²) in [4.78, 5) is 25.1. The summed E-state index contributed by atoms with van der Waals surface area (Å²) in [5.74, 6) is 0.534. The van der Waals surface area contributed by atoms with Gasteiger partial charge in [0, 0.05) is 24.2 Å². The lowest BCUT2D eigenvalue weighted by atomic mass is 9.94. The topological polar surface area (TPSA) is 75.5 Å². The van der Waals surface area contributed by atoms with Gasteiger partial charge in [-0.3, -0.25) is 15.0 Å². The first kappa shape index (κ1) is 14.7. The Kier molecular flexibility index (Phi) is 3.45. The van der Waals surface area contributed by atoms with Crippen LogP contribution in [0.3, 0.4) is 0 Å². The molecule has 2 aromatic carbocycles. The number of fused-ring (bicyclic) bond motifs is 1. The van der Waals surface area contributed by atoms with Crippen molar-refractivity contribution in [2.24, 2.45) is 5.92 Å². The zero-order valence-electron chi connectivity index (χ0n) is 13.0. The molecular formula is C18H17N3O3. The predicted molar refractivity (Wildman–Crippen MR) is 90.0 cm³/mol. The number of benzene rings is 2. The van der Waals surface area contributed by atoms with Crippen molar-refractivity contribution >= 4 is 17.4 Å². The average Bonchev–Trinajstić information content (AvgIpc) is 3.41. The minimum absolute atomic E-state index is 0.0391. The van der Waals surface area contributed by atoms with E-state index in [9.17, 15) is 14.9 Å². The van der Waals surface area contributed by atoms with Gasteiger partial charge in [-0.2, -0.15) is 0 Å². The average molecular weight is 323 g/mol. The Hall–Kier alpha value is -2.89. The third kappa shape index (κ3) is 2.60. The Labute approximate surface area is 139 Å². The number of anilines is 1. The molecule has 24 heavy (non-hydrogen) atoms. The smallest absolute Gasteiger partial charge is 0.322 e. The summed E-state index contributed by atoms with van der Waals surface area (Å²) in [5.41, 5.74) is 2.50. The standard InChI is InChI=1S/C18H17N3O3/c22-18-19-17(13-4-2-1-3-5-13)15-10-14(21(23)24)8-9-16(15)20(18)11-12-6-7-12/h1-5,8-10,12,17H,6-7,11H2,(H,19,22). The maximum absolute atomic E-state index is 12.6. The van der Waals surface area contributed by atoms with Crippen molar-refractivity contribution in [3.63, 3.8) is 0 Å². The second-order valence-corrected chi connectivity index (χ2v) is 6.35. The first-order chi connectivity index (χ1) is 11.6. The highest BCUT2D eigenvalue weighted by Gasteiger charge is 2.36. The molecule has 2 aromatic rings. The number of urea groups is 1. The van der Waals surface area contributed by atoms with E-state index in [0.29, 0.717) is 12.5 Å². The summed E-state index contributed by atoms with van der Waals surface area (Å²) in [6.07, 6.45) is 2.27. The molecule has 1 N–H and O–H groups in total. The van der Waals surface area contributed by atoms with E-state index >= 15 is 0 Å². The van der Waals surface area contributed by atoms with Crippen molar-refractivity contribution in [3.8, 4) is 0 Å². The van der Waals surface area contributed by atoms with Crippen LogP contribution in [0.2, 0.25) is 0 Å². The molecule has 1 unspecified atom stereocenters. The van der Waals surface area contributed by atoms with Crippen LogP contribution in [0, 0.1) is 16.0 Å². The van der Waals surface area contributed by atoms with Crippen LogP contribution in [0.4, 0.5) is 16.2 Å². The summed E-state index contributed by atoms with van der Waals surface area (Å²) < 4.78 is 0. The summed E-state index contributed by atoms with van der Waals surface area (Å²) in [6, 6.07) is 13.8. The second-order valence-electron chi connectivity index (χ2n) is 6.35. The normalized spacial score (nSPS) is 19.6. The number of hydrogen-bond acceptors (Lipinski definition) is 3. The van der Waals surface area contributed by atoms with Crippen LogP contribution in [-0.2, 0) is 0 Å². The number of amides is 2. The molecule has 0 saturated heterocycles. The lowest BCUT2D eigenvalue weighted by Crippen LogP contribution is -2.47. The van der Waals surface area contributed by atoms with Crippen molar-refractivity contribution in [3.05, 3.63) is 69.8 Å². The molecule has 0 spiro atoms. The van der Waals surface area contributed by atoms with Crippen LogP contribution in [0.1, 0.15) is 30.0 Å². The first-order valence-corrected chi connectivity index (χ1v) is 8.05.